The van der Waals surface area contributed by atoms with Gasteiger partial charge in [-0.2, -0.15) is 5.10 Å². The van der Waals surface area contributed by atoms with Gasteiger partial charge in [-0.25, -0.2) is 0 Å². The molecule has 0 unspecified atom stereocenters. The monoisotopic (exact) mass is 281 g/mol. The van der Waals surface area contributed by atoms with Crippen LogP contribution >= 0.6 is 0 Å². The minimum Gasteiger partial charge on any atom is -0.468 e. The van der Waals surface area contributed by atoms with Gasteiger partial charge in [0.1, 0.15) is 12.4 Å². The van der Waals surface area contributed by atoms with Gasteiger partial charge in [-0.3, -0.25) is 19.2 Å². The minimum absolute atomic E-state index is 0.00539. The quantitative estimate of drug-likeness (QED) is 0.695. The molecule has 1 aliphatic heterocycles. The lowest BCUT2D eigenvalue weighted by Gasteiger charge is -2.34. The molecule has 1 aromatic heterocycles. The van der Waals surface area contributed by atoms with Crippen molar-refractivity contribution in [3.8, 4) is 0 Å². The summed E-state index contributed by atoms with van der Waals surface area (Å²) in [4.78, 5) is 27.0. The van der Waals surface area contributed by atoms with E-state index in [0.717, 1.165) is 0 Å². The van der Waals surface area contributed by atoms with Crippen molar-refractivity contribution in [2.24, 2.45) is 0 Å². The number of ether oxygens (including phenoxy) is 1. The standard InChI is InChI=1S/C12H19N5O3/c1-20-12(19)9-15-4-6-16(7-5-15)11(18)8-17-3-2-10(13)14-17/h2-3H,4-9H2,1H3,(H2,13,14). The summed E-state index contributed by atoms with van der Waals surface area (Å²) in [6.07, 6.45) is 1.68. The lowest BCUT2D eigenvalue weighted by Crippen LogP contribution is -2.50. The molecule has 2 N–H and O–H groups in total. The third-order valence-electron chi connectivity index (χ3n) is 3.26. The summed E-state index contributed by atoms with van der Waals surface area (Å²) in [5.74, 6) is 0.156. The molecule has 2 rings (SSSR count). The van der Waals surface area contributed by atoms with Gasteiger partial charge in [-0.1, -0.05) is 0 Å². The molecule has 8 nitrogen and oxygen atoms in total. The van der Waals surface area contributed by atoms with Crippen LogP contribution in [0.25, 0.3) is 0 Å². The molecule has 0 bridgehead atoms. The minimum atomic E-state index is -0.253. The van der Waals surface area contributed by atoms with Gasteiger partial charge < -0.3 is 15.4 Å². The molecule has 0 aliphatic carbocycles. The smallest absolute Gasteiger partial charge is 0.319 e. The van der Waals surface area contributed by atoms with Crippen LogP contribution in [-0.4, -0.2) is 71.3 Å². The number of hydrogen-bond acceptors (Lipinski definition) is 6. The lowest BCUT2D eigenvalue weighted by atomic mass is 10.3. The highest BCUT2D eigenvalue weighted by Gasteiger charge is 2.22. The first kappa shape index (κ1) is 14.3. The molecule has 0 radical (unpaired) electrons. The summed E-state index contributed by atoms with van der Waals surface area (Å²) in [5.41, 5.74) is 5.50. The van der Waals surface area contributed by atoms with E-state index in [1.807, 2.05) is 4.90 Å². The summed E-state index contributed by atoms with van der Waals surface area (Å²) in [6, 6.07) is 1.65. The molecule has 0 aromatic carbocycles. The van der Waals surface area contributed by atoms with E-state index in [0.29, 0.717) is 32.0 Å². The lowest BCUT2D eigenvalue weighted by molar-refractivity contribution is -0.142. The molecule has 110 valence electrons. The Morgan fingerprint density at radius 1 is 1.30 bits per heavy atom. The predicted molar refractivity (Wildman–Crippen MR) is 71.7 cm³/mol. The first-order chi connectivity index (χ1) is 9.58. The zero-order chi connectivity index (χ0) is 14.5. The number of carbonyl (C=O) groups excluding carboxylic acids is 2. The van der Waals surface area contributed by atoms with E-state index in [-0.39, 0.29) is 25.0 Å². The zero-order valence-electron chi connectivity index (χ0n) is 11.5. The van der Waals surface area contributed by atoms with Crippen LogP contribution in [0.15, 0.2) is 12.3 Å². The van der Waals surface area contributed by atoms with Gasteiger partial charge in [0.2, 0.25) is 5.91 Å². The van der Waals surface area contributed by atoms with Crippen LogP contribution in [0.1, 0.15) is 0 Å². The Morgan fingerprint density at radius 2 is 2.00 bits per heavy atom. The van der Waals surface area contributed by atoms with Crippen molar-refractivity contribution in [1.82, 2.24) is 19.6 Å². The average Bonchev–Trinajstić information content (AvgIpc) is 2.84. The van der Waals surface area contributed by atoms with Crippen molar-refractivity contribution in [3.63, 3.8) is 0 Å². The summed E-state index contributed by atoms with van der Waals surface area (Å²) < 4.78 is 6.15. The number of esters is 1. The van der Waals surface area contributed by atoms with Crippen LogP contribution in [-0.2, 0) is 20.9 Å². The molecule has 1 aromatic rings. The Kier molecular flexibility index (Phi) is 4.57. The first-order valence-electron chi connectivity index (χ1n) is 6.44. The number of methoxy groups -OCH3 is 1. The normalized spacial score (nSPS) is 16.1. The van der Waals surface area contributed by atoms with Gasteiger partial charge >= 0.3 is 5.97 Å². The number of anilines is 1. The van der Waals surface area contributed by atoms with Crippen molar-refractivity contribution in [2.75, 3.05) is 45.6 Å². The number of hydrogen-bond donors (Lipinski definition) is 1. The number of rotatable bonds is 4. The maximum absolute atomic E-state index is 12.1. The van der Waals surface area contributed by atoms with Crippen LogP contribution in [0.3, 0.4) is 0 Å². The summed E-state index contributed by atoms with van der Waals surface area (Å²) in [6.45, 7) is 3.01. The predicted octanol–water partition coefficient (Wildman–Crippen LogP) is -1.22. The van der Waals surface area contributed by atoms with Gasteiger partial charge in [-0.05, 0) is 6.07 Å². The van der Waals surface area contributed by atoms with E-state index in [1.54, 1.807) is 17.2 Å². The first-order valence-corrected chi connectivity index (χ1v) is 6.44. The Labute approximate surface area is 117 Å². The highest BCUT2D eigenvalue weighted by Crippen LogP contribution is 2.04. The van der Waals surface area contributed by atoms with Crippen molar-refractivity contribution in [3.05, 3.63) is 12.3 Å². The largest absolute Gasteiger partial charge is 0.468 e. The molecular formula is C12H19N5O3. The van der Waals surface area contributed by atoms with Crippen LogP contribution in [0, 0.1) is 0 Å². The number of nitrogens with zero attached hydrogens (tertiary/aromatic N) is 4. The molecule has 0 saturated carbocycles. The molecule has 0 atom stereocenters. The molecule has 1 saturated heterocycles. The van der Waals surface area contributed by atoms with Crippen LogP contribution in [0.4, 0.5) is 5.82 Å². The molecule has 1 fully saturated rings. The second kappa shape index (κ2) is 6.38. The fourth-order valence-corrected chi connectivity index (χ4v) is 2.11. The molecule has 0 spiro atoms. The van der Waals surface area contributed by atoms with Gasteiger partial charge in [0, 0.05) is 32.4 Å². The van der Waals surface area contributed by atoms with Crippen molar-refractivity contribution < 1.29 is 14.3 Å². The van der Waals surface area contributed by atoms with Crippen LogP contribution in [0.2, 0.25) is 0 Å². The number of carbonyl (C=O) groups is 2. The fourth-order valence-electron chi connectivity index (χ4n) is 2.11. The average molecular weight is 281 g/mol. The Bertz CT molecular complexity index is 479. The summed E-state index contributed by atoms with van der Waals surface area (Å²) in [5, 5.41) is 3.99. The topological polar surface area (TPSA) is 93.7 Å². The second-order valence-corrected chi connectivity index (χ2v) is 4.67. The van der Waals surface area contributed by atoms with E-state index in [1.165, 1.54) is 11.8 Å². The fraction of sp³-hybridized carbons (Fsp3) is 0.583. The van der Waals surface area contributed by atoms with Gasteiger partial charge in [0.15, 0.2) is 0 Å². The van der Waals surface area contributed by atoms with Crippen LogP contribution in [0.5, 0.6) is 0 Å². The van der Waals surface area contributed by atoms with Crippen LogP contribution < -0.4 is 5.73 Å². The Balaban J connectivity index is 1.78. The highest BCUT2D eigenvalue weighted by atomic mass is 16.5. The zero-order valence-corrected chi connectivity index (χ0v) is 11.5. The highest BCUT2D eigenvalue weighted by molar-refractivity contribution is 5.76. The van der Waals surface area contributed by atoms with E-state index >= 15 is 0 Å². The van der Waals surface area contributed by atoms with E-state index < -0.39 is 0 Å². The van der Waals surface area contributed by atoms with Gasteiger partial charge in [0.05, 0.1) is 13.7 Å². The number of amides is 1. The van der Waals surface area contributed by atoms with Gasteiger partial charge in [0.25, 0.3) is 0 Å². The molecular weight excluding hydrogens is 262 g/mol. The SMILES string of the molecule is COC(=O)CN1CCN(C(=O)Cn2ccc(N)n2)CC1. The van der Waals surface area contributed by atoms with Gasteiger partial charge in [-0.15, -0.1) is 0 Å². The third kappa shape index (κ3) is 3.70. The van der Waals surface area contributed by atoms with E-state index in [9.17, 15) is 9.59 Å². The number of aromatic nitrogens is 2. The van der Waals surface area contributed by atoms with Crippen molar-refractivity contribution in [2.45, 2.75) is 6.54 Å². The number of nitrogens with two attached hydrogens (primary N) is 1. The second-order valence-electron chi connectivity index (χ2n) is 4.67. The molecule has 8 heteroatoms. The number of piperazine rings is 1. The summed E-state index contributed by atoms with van der Waals surface area (Å²) in [7, 11) is 1.37. The third-order valence-corrected chi connectivity index (χ3v) is 3.26. The molecule has 2 heterocycles. The molecule has 1 aliphatic rings. The van der Waals surface area contributed by atoms with Crippen molar-refractivity contribution in [1.29, 1.82) is 0 Å². The van der Waals surface area contributed by atoms with E-state index in [4.69, 9.17) is 5.73 Å². The summed E-state index contributed by atoms with van der Waals surface area (Å²) >= 11 is 0. The number of nitrogen functional groups attached to an aromatic ring is 1. The Hall–Kier alpha value is -2.09. The maximum atomic E-state index is 12.1. The van der Waals surface area contributed by atoms with E-state index in [2.05, 4.69) is 9.84 Å². The maximum Gasteiger partial charge on any atom is 0.319 e. The molecule has 20 heavy (non-hydrogen) atoms. The molecule has 1 amide bonds. The van der Waals surface area contributed by atoms with Crippen molar-refractivity contribution >= 4 is 17.7 Å². The Morgan fingerprint density at radius 3 is 2.55 bits per heavy atom.